The van der Waals surface area contributed by atoms with E-state index in [1.807, 2.05) is 18.2 Å². The van der Waals surface area contributed by atoms with E-state index in [-0.39, 0.29) is 0 Å². The lowest BCUT2D eigenvalue weighted by molar-refractivity contribution is 0.112. The van der Waals surface area contributed by atoms with Crippen LogP contribution in [0.5, 0.6) is 11.5 Å². The Hall–Kier alpha value is -2.82. The number of ether oxygens (including phenoxy) is 1. The summed E-state index contributed by atoms with van der Waals surface area (Å²) in [5.41, 5.74) is 12.0. The largest absolute Gasteiger partial charge is 0.455 e. The van der Waals surface area contributed by atoms with Crippen molar-refractivity contribution in [2.24, 2.45) is 0 Å². The number of fused-ring (bicyclic) bond motifs is 3. The van der Waals surface area contributed by atoms with Gasteiger partial charge < -0.3 is 10.5 Å². The van der Waals surface area contributed by atoms with Crippen molar-refractivity contribution in [1.29, 1.82) is 0 Å². The number of anilines is 1. The van der Waals surface area contributed by atoms with E-state index in [0.29, 0.717) is 32.6 Å². The first kappa shape index (κ1) is 19.8. The van der Waals surface area contributed by atoms with Gasteiger partial charge in [0.15, 0.2) is 6.29 Å². The molecule has 6 rings (SSSR count). The summed E-state index contributed by atoms with van der Waals surface area (Å²) in [4.78, 5) is 12.1. The lowest BCUT2D eigenvalue weighted by Crippen LogP contribution is -2.45. The number of nitrogens with zero attached hydrogens (tertiary/aromatic N) is 1. The summed E-state index contributed by atoms with van der Waals surface area (Å²) in [5, 5.41) is 3.14. The van der Waals surface area contributed by atoms with Crippen LogP contribution in [0.2, 0.25) is 10.0 Å². The smallest absolute Gasteiger partial charge is 0.210 e. The first-order valence-electron chi connectivity index (χ1n) is 10.9. The predicted octanol–water partition coefficient (Wildman–Crippen LogP) is 4.12. The third kappa shape index (κ3) is 2.83. The zero-order valence-corrected chi connectivity index (χ0v) is 18.9. The topological polar surface area (TPSA) is 55.3 Å². The molecular weight excluding hydrogens is 443 g/mol. The zero-order valence-electron chi connectivity index (χ0n) is 17.4. The van der Waals surface area contributed by atoms with E-state index < -0.39 is 0 Å². The molecule has 6 heteroatoms. The van der Waals surface area contributed by atoms with Crippen molar-refractivity contribution in [3.05, 3.63) is 84.8 Å². The molecule has 3 heterocycles. The molecule has 0 saturated heterocycles. The monoisotopic (exact) mass is 463 g/mol. The normalized spacial score (nSPS) is 16.1. The van der Waals surface area contributed by atoms with Gasteiger partial charge in [-0.1, -0.05) is 23.2 Å². The molecule has 32 heavy (non-hydrogen) atoms. The van der Waals surface area contributed by atoms with Crippen LogP contribution in [0.15, 0.2) is 36.4 Å². The van der Waals surface area contributed by atoms with Crippen molar-refractivity contribution in [1.82, 2.24) is 4.58 Å². The number of hydrogen-bond donors (Lipinski definition) is 1. The Balaban J connectivity index is 1.84. The molecule has 0 atom stereocenters. The Kier molecular flexibility index (Phi) is 4.56. The van der Waals surface area contributed by atoms with E-state index in [4.69, 9.17) is 33.7 Å². The second-order valence-electron chi connectivity index (χ2n) is 8.60. The van der Waals surface area contributed by atoms with Crippen molar-refractivity contribution in [3.63, 3.8) is 0 Å². The van der Waals surface area contributed by atoms with Gasteiger partial charge in [0, 0.05) is 62.7 Å². The van der Waals surface area contributed by atoms with Crippen LogP contribution in [0.3, 0.4) is 0 Å². The lowest BCUT2D eigenvalue weighted by atomic mass is 9.86. The highest BCUT2D eigenvalue weighted by atomic mass is 35.5. The summed E-state index contributed by atoms with van der Waals surface area (Å²) in [6, 6.07) is 11.3. The maximum atomic E-state index is 12.1. The van der Waals surface area contributed by atoms with Gasteiger partial charge >= 0.3 is 0 Å². The number of benzene rings is 3. The van der Waals surface area contributed by atoms with Gasteiger partial charge in [-0.15, -0.1) is 0 Å². The molecule has 3 aromatic rings. The van der Waals surface area contributed by atoms with E-state index in [2.05, 4.69) is 10.6 Å². The lowest BCUT2D eigenvalue weighted by Gasteiger charge is -2.27. The molecule has 4 nitrogen and oxygen atoms in total. The minimum atomic E-state index is 0.377. The molecular formula is C26H21Cl2N2O2+. The Labute approximate surface area is 195 Å². The Morgan fingerprint density at radius 1 is 1.00 bits per heavy atom. The van der Waals surface area contributed by atoms with Crippen LogP contribution in [0.1, 0.15) is 45.5 Å². The van der Waals surface area contributed by atoms with Crippen molar-refractivity contribution in [3.8, 4) is 11.5 Å². The maximum Gasteiger partial charge on any atom is 0.210 e. The fourth-order valence-corrected chi connectivity index (χ4v) is 5.89. The van der Waals surface area contributed by atoms with Gasteiger partial charge in [0.25, 0.3) is 0 Å². The summed E-state index contributed by atoms with van der Waals surface area (Å²) in [6.45, 7) is 2.16. The number of aldehydes is 1. The molecule has 3 aliphatic heterocycles. The average Bonchev–Trinajstić information content (AvgIpc) is 2.80. The summed E-state index contributed by atoms with van der Waals surface area (Å²) >= 11 is 13.2. The number of carbonyl (C=O) groups excluding carboxylic acids is 1. The molecule has 0 fully saturated rings. The number of halogens is 2. The number of hydrogen-bond acceptors (Lipinski definition) is 3. The molecule has 2 N–H and O–H groups in total. The standard InChI is InChI=1S/C26H20Cl2N2O2/c27-20-7-8-21(28)24(19(20)13-31)23-16-6-5-15(29)12-22(16)32-26-17-4-2-10-30-9-1-3-14(25(17)30)11-18(23)26/h5-8,11-13,29H,1-4,9-10H2/p+1. The summed E-state index contributed by atoms with van der Waals surface area (Å²) in [6.07, 6.45) is 4.98. The third-order valence-corrected chi connectivity index (χ3v) is 7.38. The Morgan fingerprint density at radius 2 is 1.78 bits per heavy atom. The van der Waals surface area contributed by atoms with Crippen molar-refractivity contribution >= 4 is 40.7 Å². The van der Waals surface area contributed by atoms with E-state index in [1.54, 1.807) is 12.1 Å². The summed E-state index contributed by atoms with van der Waals surface area (Å²) < 4.78 is 9.02. The first-order chi connectivity index (χ1) is 15.6. The highest BCUT2D eigenvalue weighted by molar-refractivity contribution is 6.37. The highest BCUT2D eigenvalue weighted by Gasteiger charge is 2.32. The number of nitrogen functional groups attached to an aromatic ring is 1. The Morgan fingerprint density at radius 3 is 2.59 bits per heavy atom. The minimum Gasteiger partial charge on any atom is -0.455 e. The van der Waals surface area contributed by atoms with Gasteiger partial charge in [0.05, 0.1) is 10.6 Å². The van der Waals surface area contributed by atoms with Crippen LogP contribution < -0.4 is 25.6 Å². The molecule has 3 aliphatic rings. The molecule has 0 aliphatic carbocycles. The van der Waals surface area contributed by atoms with Crippen molar-refractivity contribution in [2.75, 3.05) is 18.8 Å². The summed E-state index contributed by atoms with van der Waals surface area (Å²) in [5.74, 6) is 1.51. The van der Waals surface area contributed by atoms with Crippen LogP contribution in [-0.2, 0) is 12.8 Å². The molecule has 0 bridgehead atoms. The van der Waals surface area contributed by atoms with Gasteiger partial charge in [-0.2, -0.15) is 0 Å². The molecule has 0 unspecified atom stereocenters. The van der Waals surface area contributed by atoms with Gasteiger partial charge in [-0.05, 0) is 43.2 Å². The van der Waals surface area contributed by atoms with E-state index in [9.17, 15) is 4.79 Å². The fourth-order valence-electron chi connectivity index (χ4n) is 5.42. The molecule has 0 saturated carbocycles. The minimum absolute atomic E-state index is 0.377. The first-order valence-corrected chi connectivity index (χ1v) is 11.6. The van der Waals surface area contributed by atoms with E-state index in [1.165, 1.54) is 16.5 Å². The van der Waals surface area contributed by atoms with Crippen LogP contribution in [-0.4, -0.2) is 19.4 Å². The van der Waals surface area contributed by atoms with Crippen LogP contribution in [0.25, 0.3) is 5.57 Å². The molecule has 0 amide bonds. The number of aryl methyl sites for hydroxylation is 1. The van der Waals surface area contributed by atoms with E-state index >= 15 is 0 Å². The quantitative estimate of drug-likeness (QED) is 0.276. The molecule has 160 valence electrons. The van der Waals surface area contributed by atoms with Gasteiger partial charge in [0.1, 0.15) is 24.6 Å². The van der Waals surface area contributed by atoms with Gasteiger partial charge in [0.2, 0.25) is 5.36 Å². The molecule has 0 radical (unpaired) electrons. The second kappa shape index (κ2) is 7.36. The maximum absolute atomic E-state index is 12.1. The van der Waals surface area contributed by atoms with Crippen LogP contribution in [0, 0.1) is 0 Å². The SMILES string of the molecule is Nc1ccc2c(c1)Oc1c3c4c(cc1=C2c1c(Cl)ccc(Cl)c1C=O)CCC[N+]=4CCC3. The number of carbonyl (C=O) groups is 1. The Bertz CT molecular complexity index is 1460. The van der Waals surface area contributed by atoms with Gasteiger partial charge in [-0.3, -0.25) is 4.79 Å². The number of nitrogens with two attached hydrogens (primary N) is 1. The summed E-state index contributed by atoms with van der Waals surface area (Å²) in [7, 11) is 0. The zero-order chi connectivity index (χ0) is 22.0. The molecule has 0 aromatic heterocycles. The highest BCUT2D eigenvalue weighted by Crippen LogP contribution is 2.42. The van der Waals surface area contributed by atoms with E-state index in [0.717, 1.165) is 67.2 Å². The van der Waals surface area contributed by atoms with Crippen LogP contribution in [0.4, 0.5) is 5.69 Å². The average molecular weight is 464 g/mol. The predicted molar refractivity (Wildman–Crippen MR) is 128 cm³/mol. The fraction of sp³-hybridized carbons (Fsp3) is 0.231. The molecule has 0 spiro atoms. The van der Waals surface area contributed by atoms with Gasteiger partial charge in [-0.25, -0.2) is 4.58 Å². The molecule has 3 aromatic carbocycles. The second-order valence-corrected chi connectivity index (χ2v) is 9.42. The number of rotatable bonds is 2. The van der Waals surface area contributed by atoms with Crippen LogP contribution >= 0.6 is 23.2 Å². The third-order valence-electron chi connectivity index (χ3n) is 6.74. The van der Waals surface area contributed by atoms with Crippen molar-refractivity contribution in [2.45, 2.75) is 25.7 Å². The van der Waals surface area contributed by atoms with Crippen molar-refractivity contribution < 1.29 is 9.53 Å².